The van der Waals surface area contributed by atoms with Gasteiger partial charge in [0.1, 0.15) is 0 Å². The van der Waals surface area contributed by atoms with Crippen molar-refractivity contribution in [3.05, 3.63) is 83.8 Å². The van der Waals surface area contributed by atoms with E-state index in [0.717, 1.165) is 23.4 Å². The molecule has 0 atom stereocenters. The first kappa shape index (κ1) is 17.0. The Kier molecular flexibility index (Phi) is 4.23. The third kappa shape index (κ3) is 3.74. The molecule has 0 amide bonds. The number of rotatable bonds is 4. The molecule has 4 rings (SSSR count). The Morgan fingerprint density at radius 3 is 2.37 bits per heavy atom. The van der Waals surface area contributed by atoms with Gasteiger partial charge in [-0.1, -0.05) is 6.07 Å². The van der Waals surface area contributed by atoms with Gasteiger partial charge in [0.05, 0.1) is 5.56 Å². The average molecular weight is 369 g/mol. The van der Waals surface area contributed by atoms with E-state index in [1.54, 1.807) is 16.9 Å². The molecule has 27 heavy (non-hydrogen) atoms. The third-order valence-electron chi connectivity index (χ3n) is 4.04. The summed E-state index contributed by atoms with van der Waals surface area (Å²) in [6.07, 6.45) is -0.243. The average Bonchev–Trinajstić information content (AvgIpc) is 3.06. The van der Waals surface area contributed by atoms with Gasteiger partial charge in [-0.15, -0.1) is 5.10 Å². The Hall–Kier alpha value is -3.42. The van der Waals surface area contributed by atoms with E-state index in [9.17, 15) is 13.2 Å². The second-order valence-electron chi connectivity index (χ2n) is 5.95. The fourth-order valence-electron chi connectivity index (χ4n) is 2.73. The van der Waals surface area contributed by atoms with Crippen molar-refractivity contribution in [1.82, 2.24) is 19.6 Å². The van der Waals surface area contributed by atoms with Crippen LogP contribution in [0.5, 0.6) is 0 Å². The molecule has 0 aliphatic heterocycles. The quantitative estimate of drug-likeness (QED) is 0.576. The Morgan fingerprint density at radius 2 is 1.67 bits per heavy atom. The van der Waals surface area contributed by atoms with Crippen molar-refractivity contribution in [2.45, 2.75) is 12.6 Å². The van der Waals surface area contributed by atoms with E-state index < -0.39 is 11.7 Å². The number of alkyl halides is 3. The van der Waals surface area contributed by atoms with E-state index in [0.29, 0.717) is 23.7 Å². The largest absolute Gasteiger partial charge is 0.416 e. The van der Waals surface area contributed by atoms with E-state index in [4.69, 9.17) is 0 Å². The van der Waals surface area contributed by atoms with Crippen LogP contribution in [0.4, 0.5) is 24.8 Å². The lowest BCUT2D eigenvalue weighted by Gasteiger charge is -2.07. The van der Waals surface area contributed by atoms with Crippen LogP contribution in [0.1, 0.15) is 16.8 Å². The van der Waals surface area contributed by atoms with Gasteiger partial charge >= 0.3 is 6.18 Å². The van der Waals surface area contributed by atoms with Crippen molar-refractivity contribution in [3.8, 4) is 0 Å². The summed E-state index contributed by atoms with van der Waals surface area (Å²) < 4.78 is 39.7. The topological polar surface area (TPSA) is 55.1 Å². The van der Waals surface area contributed by atoms with Gasteiger partial charge in [0.2, 0.25) is 5.95 Å². The molecule has 0 saturated carbocycles. The van der Waals surface area contributed by atoms with Crippen LogP contribution in [0.2, 0.25) is 0 Å². The number of hydrogen-bond donors (Lipinski definition) is 1. The number of pyridine rings is 2. The van der Waals surface area contributed by atoms with Crippen LogP contribution in [0.25, 0.3) is 5.65 Å². The second-order valence-corrected chi connectivity index (χ2v) is 5.95. The molecule has 136 valence electrons. The van der Waals surface area contributed by atoms with Crippen molar-refractivity contribution in [2.75, 3.05) is 5.32 Å². The Bertz CT molecular complexity index is 1060. The first-order chi connectivity index (χ1) is 13.0. The smallest absolute Gasteiger partial charge is 0.323 e. The Morgan fingerprint density at radius 1 is 0.926 bits per heavy atom. The molecular weight excluding hydrogens is 355 g/mol. The summed E-state index contributed by atoms with van der Waals surface area (Å²) in [5.41, 5.74) is 2.46. The molecule has 0 radical (unpaired) electrons. The zero-order chi connectivity index (χ0) is 18.9. The first-order valence-corrected chi connectivity index (χ1v) is 8.17. The summed E-state index contributed by atoms with van der Waals surface area (Å²) >= 11 is 0. The Balaban J connectivity index is 1.59. The summed E-state index contributed by atoms with van der Waals surface area (Å²) in [4.78, 5) is 8.39. The minimum absolute atomic E-state index is 0.317. The van der Waals surface area contributed by atoms with Gasteiger partial charge in [-0.25, -0.2) is 4.52 Å². The zero-order valence-electron chi connectivity index (χ0n) is 14.0. The van der Waals surface area contributed by atoms with Crippen LogP contribution in [0, 0.1) is 0 Å². The van der Waals surface area contributed by atoms with Gasteiger partial charge < -0.3 is 5.32 Å². The van der Waals surface area contributed by atoms with E-state index in [1.165, 1.54) is 12.1 Å². The normalized spacial score (nSPS) is 11.7. The van der Waals surface area contributed by atoms with E-state index >= 15 is 0 Å². The minimum Gasteiger partial charge on any atom is -0.323 e. The number of nitrogens with one attached hydrogen (secondary N) is 1. The molecule has 4 aromatic rings. The molecule has 0 unspecified atom stereocenters. The number of nitrogens with zero attached hydrogens (tertiary/aromatic N) is 4. The lowest BCUT2D eigenvalue weighted by Crippen LogP contribution is -2.04. The van der Waals surface area contributed by atoms with Crippen molar-refractivity contribution in [1.29, 1.82) is 0 Å². The summed E-state index contributed by atoms with van der Waals surface area (Å²) in [6.45, 7) is 0. The lowest BCUT2D eigenvalue weighted by molar-refractivity contribution is -0.137. The lowest BCUT2D eigenvalue weighted by atomic mass is 10.1. The van der Waals surface area contributed by atoms with Crippen molar-refractivity contribution < 1.29 is 13.2 Å². The fourth-order valence-corrected chi connectivity index (χ4v) is 2.73. The predicted molar refractivity (Wildman–Crippen MR) is 94.8 cm³/mol. The first-order valence-electron chi connectivity index (χ1n) is 8.17. The van der Waals surface area contributed by atoms with Gasteiger partial charge in [0.15, 0.2) is 5.65 Å². The van der Waals surface area contributed by atoms with Gasteiger partial charge in [0, 0.05) is 30.2 Å². The molecule has 0 aliphatic rings. The molecular formula is C19H14F3N5. The van der Waals surface area contributed by atoms with Crippen LogP contribution in [-0.2, 0) is 12.6 Å². The van der Waals surface area contributed by atoms with Gasteiger partial charge in [-0.3, -0.25) is 4.98 Å². The number of hydrogen-bond acceptors (Lipinski definition) is 4. The van der Waals surface area contributed by atoms with E-state index in [1.807, 2.05) is 30.3 Å². The SMILES string of the molecule is FC(F)(F)c1ccc(Nc2nc3cccc(Cc4ccncc4)n3n2)cc1. The molecule has 3 heterocycles. The Labute approximate surface area is 152 Å². The van der Waals surface area contributed by atoms with Crippen LogP contribution in [-0.4, -0.2) is 19.6 Å². The zero-order valence-corrected chi connectivity index (χ0v) is 14.0. The molecule has 0 saturated heterocycles. The molecule has 8 heteroatoms. The molecule has 0 aliphatic carbocycles. The number of fused-ring (bicyclic) bond motifs is 1. The number of aromatic nitrogens is 4. The molecule has 0 fully saturated rings. The monoisotopic (exact) mass is 369 g/mol. The second kappa shape index (κ2) is 6.71. The number of anilines is 2. The van der Waals surface area contributed by atoms with Crippen molar-refractivity contribution in [3.63, 3.8) is 0 Å². The molecule has 0 bridgehead atoms. The molecule has 1 N–H and O–H groups in total. The highest BCUT2D eigenvalue weighted by Gasteiger charge is 2.29. The standard InChI is InChI=1S/C19H14F3N5/c20-19(21,22)14-4-6-15(7-5-14)24-18-25-17-3-1-2-16(27(17)26-18)12-13-8-10-23-11-9-13/h1-11H,12H2,(H,24,26). The fraction of sp³-hybridized carbons (Fsp3) is 0.105. The summed E-state index contributed by atoms with van der Waals surface area (Å²) in [5, 5.41) is 7.37. The van der Waals surface area contributed by atoms with Crippen LogP contribution < -0.4 is 5.32 Å². The van der Waals surface area contributed by atoms with Crippen LogP contribution in [0.15, 0.2) is 67.0 Å². The predicted octanol–water partition coefficient (Wildman–Crippen LogP) is 4.48. The summed E-state index contributed by atoms with van der Waals surface area (Å²) in [7, 11) is 0. The van der Waals surface area contributed by atoms with Crippen molar-refractivity contribution >= 4 is 17.3 Å². The van der Waals surface area contributed by atoms with Crippen LogP contribution in [0.3, 0.4) is 0 Å². The van der Waals surface area contributed by atoms with Gasteiger partial charge in [0.25, 0.3) is 0 Å². The van der Waals surface area contributed by atoms with Crippen LogP contribution >= 0.6 is 0 Å². The highest BCUT2D eigenvalue weighted by molar-refractivity contribution is 5.56. The molecule has 1 aromatic carbocycles. The highest BCUT2D eigenvalue weighted by Crippen LogP contribution is 2.30. The van der Waals surface area contributed by atoms with Gasteiger partial charge in [-0.2, -0.15) is 18.2 Å². The molecule has 3 aromatic heterocycles. The number of benzene rings is 1. The number of halogens is 3. The van der Waals surface area contributed by atoms with Crippen molar-refractivity contribution in [2.24, 2.45) is 0 Å². The summed E-state index contributed by atoms with van der Waals surface area (Å²) in [5.74, 6) is 0.317. The van der Waals surface area contributed by atoms with E-state index in [-0.39, 0.29) is 0 Å². The maximum Gasteiger partial charge on any atom is 0.416 e. The summed E-state index contributed by atoms with van der Waals surface area (Å²) in [6, 6.07) is 14.3. The molecule has 5 nitrogen and oxygen atoms in total. The highest BCUT2D eigenvalue weighted by atomic mass is 19.4. The molecule has 0 spiro atoms. The maximum atomic E-state index is 12.7. The minimum atomic E-state index is -4.36. The third-order valence-corrected chi connectivity index (χ3v) is 4.04. The van der Waals surface area contributed by atoms with E-state index in [2.05, 4.69) is 20.4 Å². The maximum absolute atomic E-state index is 12.7. The van der Waals surface area contributed by atoms with Gasteiger partial charge in [-0.05, 0) is 54.1 Å².